The minimum Gasteiger partial charge on any atom is -0.481 e. The minimum absolute atomic E-state index is 0.000000000000000444. The predicted molar refractivity (Wildman–Crippen MR) is 38.3 cm³/mol. The first-order valence-corrected chi connectivity index (χ1v) is 3.46. The molecule has 0 aliphatic heterocycles. The van der Waals surface area contributed by atoms with E-state index < -0.39 is 11.9 Å². The summed E-state index contributed by atoms with van der Waals surface area (Å²) in [5, 5.41) is 15.6. The molecule has 0 amide bonds. The highest BCUT2D eigenvalue weighted by molar-refractivity contribution is 5.70. The van der Waals surface area contributed by atoms with Crippen molar-refractivity contribution in [1.82, 2.24) is 0 Å². The topological polar surface area (TPSA) is 74.6 Å². The van der Waals surface area contributed by atoms with E-state index in [2.05, 4.69) is 0 Å². The number of hydrogen-bond acceptors (Lipinski definition) is 2. The van der Waals surface area contributed by atoms with Crippen molar-refractivity contribution < 1.29 is 19.8 Å². The predicted octanol–water partition coefficient (Wildman–Crippen LogP) is 0.962. The molecule has 11 heavy (non-hydrogen) atoms. The molecule has 4 nitrogen and oxygen atoms in total. The summed E-state index contributed by atoms with van der Waals surface area (Å²) in [6.07, 6.45) is 2.90. The van der Waals surface area contributed by atoms with E-state index in [9.17, 15) is 4.79 Å². The van der Waals surface area contributed by atoms with Crippen LogP contribution in [0.4, 0.5) is 0 Å². The molecule has 4 heteroatoms. The van der Waals surface area contributed by atoms with Gasteiger partial charge in [0.05, 0.1) is 5.92 Å². The van der Waals surface area contributed by atoms with Crippen LogP contribution in [-0.4, -0.2) is 22.2 Å². The average Bonchev–Trinajstić information content (AvgIpc) is 1.53. The number of carboxylic acids is 2. The van der Waals surface area contributed by atoms with Gasteiger partial charge in [0.2, 0.25) is 0 Å². The minimum atomic E-state index is -0.833. The monoisotopic (exact) mass is 160 g/mol. The number of aliphatic carboxylic acids is 2. The van der Waals surface area contributed by atoms with Crippen LogP contribution in [0.15, 0.2) is 0 Å². The average molecular weight is 160 g/mol. The Bertz CT molecular complexity index is 145. The molecule has 0 aromatic rings. The molecule has 1 rings (SSSR count). The molecule has 0 atom stereocenters. The quantitative estimate of drug-likeness (QED) is 0.599. The highest BCUT2D eigenvalue weighted by Crippen LogP contribution is 2.25. The zero-order valence-corrected chi connectivity index (χ0v) is 6.41. The summed E-state index contributed by atoms with van der Waals surface area (Å²) in [4.78, 5) is 19.0. The van der Waals surface area contributed by atoms with Gasteiger partial charge in [-0.05, 0) is 12.8 Å². The van der Waals surface area contributed by atoms with Gasteiger partial charge >= 0.3 is 5.97 Å². The fourth-order valence-corrected chi connectivity index (χ4v) is 0.655. The van der Waals surface area contributed by atoms with Gasteiger partial charge in [0, 0.05) is 6.92 Å². The van der Waals surface area contributed by atoms with Crippen LogP contribution in [0.1, 0.15) is 26.2 Å². The fourth-order valence-electron chi connectivity index (χ4n) is 0.655. The van der Waals surface area contributed by atoms with Crippen LogP contribution < -0.4 is 0 Å². The molecule has 0 radical (unpaired) electrons. The first-order valence-electron chi connectivity index (χ1n) is 3.46. The number of carbonyl (C=O) groups is 2. The lowest BCUT2D eigenvalue weighted by Gasteiger charge is -2.19. The second-order valence-corrected chi connectivity index (χ2v) is 2.49. The van der Waals surface area contributed by atoms with Gasteiger partial charge in [-0.3, -0.25) is 9.59 Å². The molecule has 0 unspecified atom stereocenters. The van der Waals surface area contributed by atoms with E-state index in [0.717, 1.165) is 26.2 Å². The largest absolute Gasteiger partial charge is 0.481 e. The van der Waals surface area contributed by atoms with Gasteiger partial charge in [0.1, 0.15) is 0 Å². The van der Waals surface area contributed by atoms with Crippen LogP contribution in [0.2, 0.25) is 0 Å². The normalized spacial score (nSPS) is 15.7. The second-order valence-electron chi connectivity index (χ2n) is 2.49. The maximum absolute atomic E-state index is 9.98. The molecule has 0 bridgehead atoms. The smallest absolute Gasteiger partial charge is 0.306 e. The molecule has 1 saturated carbocycles. The van der Waals surface area contributed by atoms with Gasteiger partial charge in [-0.25, -0.2) is 0 Å². The lowest BCUT2D eigenvalue weighted by molar-refractivity contribution is -0.144. The Hall–Kier alpha value is -1.06. The van der Waals surface area contributed by atoms with Crippen molar-refractivity contribution >= 4 is 11.9 Å². The maximum Gasteiger partial charge on any atom is 0.306 e. The fraction of sp³-hybridized carbons (Fsp3) is 0.714. The first kappa shape index (κ1) is 9.94. The Balaban J connectivity index is 0.000000218. The van der Waals surface area contributed by atoms with E-state index in [1.54, 1.807) is 0 Å². The molecule has 64 valence electrons. The van der Waals surface area contributed by atoms with Crippen LogP contribution >= 0.6 is 0 Å². The summed E-state index contributed by atoms with van der Waals surface area (Å²) < 4.78 is 0. The van der Waals surface area contributed by atoms with Crippen molar-refractivity contribution in [3.8, 4) is 0 Å². The van der Waals surface area contributed by atoms with E-state index in [4.69, 9.17) is 15.0 Å². The third-order valence-corrected chi connectivity index (χ3v) is 1.45. The van der Waals surface area contributed by atoms with Crippen LogP contribution in [0.25, 0.3) is 0 Å². The van der Waals surface area contributed by atoms with E-state index in [-0.39, 0.29) is 5.92 Å². The summed E-state index contributed by atoms with van der Waals surface area (Å²) in [5.74, 6) is -1.45. The summed E-state index contributed by atoms with van der Waals surface area (Å²) in [6, 6.07) is 0. The van der Waals surface area contributed by atoms with Crippen LogP contribution in [-0.2, 0) is 9.59 Å². The van der Waals surface area contributed by atoms with Crippen molar-refractivity contribution in [3.63, 3.8) is 0 Å². The zero-order valence-electron chi connectivity index (χ0n) is 6.41. The third kappa shape index (κ3) is 5.39. The standard InChI is InChI=1S/C5H8O2.C2H4O2/c6-5(7)4-2-1-3-4;1-2(3)4/h4H,1-3H2,(H,6,7);1H3,(H,3,4). The number of rotatable bonds is 1. The molecule has 1 fully saturated rings. The lowest BCUT2D eigenvalue weighted by Crippen LogP contribution is -2.20. The molecule has 0 aromatic heterocycles. The number of carboxylic acid groups (broad SMARTS) is 2. The van der Waals surface area contributed by atoms with Crippen molar-refractivity contribution in [2.45, 2.75) is 26.2 Å². The summed E-state index contributed by atoms with van der Waals surface area (Å²) in [7, 11) is 0. The molecule has 1 aliphatic carbocycles. The van der Waals surface area contributed by atoms with E-state index in [1.807, 2.05) is 0 Å². The van der Waals surface area contributed by atoms with Crippen molar-refractivity contribution in [1.29, 1.82) is 0 Å². The summed E-state index contributed by atoms with van der Waals surface area (Å²) >= 11 is 0. The Morgan fingerprint density at radius 1 is 1.27 bits per heavy atom. The summed E-state index contributed by atoms with van der Waals surface area (Å²) in [5.41, 5.74) is 0. The Morgan fingerprint density at radius 2 is 1.64 bits per heavy atom. The molecular weight excluding hydrogens is 148 g/mol. The number of hydrogen-bond donors (Lipinski definition) is 2. The van der Waals surface area contributed by atoms with Gasteiger partial charge in [0.25, 0.3) is 5.97 Å². The van der Waals surface area contributed by atoms with Gasteiger partial charge in [-0.2, -0.15) is 0 Å². The highest BCUT2D eigenvalue weighted by atomic mass is 16.4. The molecule has 0 spiro atoms. The van der Waals surface area contributed by atoms with E-state index >= 15 is 0 Å². The maximum atomic E-state index is 9.98. The van der Waals surface area contributed by atoms with E-state index in [0.29, 0.717) is 0 Å². The molecule has 0 heterocycles. The third-order valence-electron chi connectivity index (χ3n) is 1.45. The van der Waals surface area contributed by atoms with Gasteiger partial charge in [-0.15, -0.1) is 0 Å². The first-order chi connectivity index (χ1) is 5.04. The highest BCUT2D eigenvalue weighted by Gasteiger charge is 2.23. The van der Waals surface area contributed by atoms with E-state index in [1.165, 1.54) is 0 Å². The second kappa shape index (κ2) is 4.71. The molecule has 1 aliphatic rings. The molecule has 0 saturated heterocycles. The van der Waals surface area contributed by atoms with Crippen molar-refractivity contribution in [2.24, 2.45) is 5.92 Å². The molecule has 0 aromatic carbocycles. The summed E-state index contributed by atoms with van der Waals surface area (Å²) in [6.45, 7) is 1.08. The van der Waals surface area contributed by atoms with Crippen LogP contribution in [0.3, 0.4) is 0 Å². The Labute approximate surface area is 64.8 Å². The van der Waals surface area contributed by atoms with Crippen molar-refractivity contribution in [2.75, 3.05) is 0 Å². The molecule has 2 N–H and O–H groups in total. The van der Waals surface area contributed by atoms with Crippen LogP contribution in [0.5, 0.6) is 0 Å². The van der Waals surface area contributed by atoms with Crippen LogP contribution in [0, 0.1) is 5.92 Å². The van der Waals surface area contributed by atoms with Gasteiger partial charge in [-0.1, -0.05) is 6.42 Å². The SMILES string of the molecule is CC(=O)O.O=C(O)C1CCC1. The zero-order chi connectivity index (χ0) is 8.85. The van der Waals surface area contributed by atoms with Gasteiger partial charge in [0.15, 0.2) is 0 Å². The van der Waals surface area contributed by atoms with Gasteiger partial charge < -0.3 is 10.2 Å². The lowest BCUT2D eigenvalue weighted by atomic mass is 9.86. The Morgan fingerprint density at radius 3 is 1.64 bits per heavy atom. The Kier molecular flexibility index (Phi) is 4.26. The molecular formula is C7H12O4. The van der Waals surface area contributed by atoms with Crippen molar-refractivity contribution in [3.05, 3.63) is 0 Å².